The number of ether oxygens (including phenoxy) is 2. The van der Waals surface area contributed by atoms with E-state index in [9.17, 15) is 13.2 Å². The fraction of sp³-hybridized carbons (Fsp3) is 0.929. The second-order valence-electron chi connectivity index (χ2n) is 6.89. The number of sulfonamides is 1. The fourth-order valence-electron chi connectivity index (χ4n) is 2.40. The van der Waals surface area contributed by atoms with Crippen molar-refractivity contribution in [3.8, 4) is 0 Å². The summed E-state index contributed by atoms with van der Waals surface area (Å²) in [5, 5.41) is 0. The highest BCUT2D eigenvalue weighted by Gasteiger charge is 2.29. The zero-order valence-electron chi connectivity index (χ0n) is 13.8. The molecule has 7 nitrogen and oxygen atoms in total. The first-order valence-corrected chi connectivity index (χ1v) is 9.17. The van der Waals surface area contributed by atoms with Gasteiger partial charge in [-0.25, -0.2) is 8.42 Å². The lowest BCUT2D eigenvalue weighted by molar-refractivity contribution is -0.123. The van der Waals surface area contributed by atoms with Crippen molar-refractivity contribution < 1.29 is 22.7 Å². The van der Waals surface area contributed by atoms with Gasteiger partial charge in [0.05, 0.1) is 11.9 Å². The maximum atomic E-state index is 12.1. The normalized spacial score (nSPS) is 18.9. The van der Waals surface area contributed by atoms with E-state index in [2.05, 4.69) is 10.3 Å². The standard InChI is InChI=1S/C14H28N2O5S/c1-14(2,3)9-13(17)15-16-22(18,19)10-12(20-4)11-5-7-21-8-6-11/h11-12,16H,5-10H2,1-4H3,(H,15,17). The Bertz CT molecular complexity index is 452. The van der Waals surface area contributed by atoms with E-state index in [4.69, 9.17) is 9.47 Å². The third-order valence-electron chi connectivity index (χ3n) is 3.52. The van der Waals surface area contributed by atoms with E-state index >= 15 is 0 Å². The lowest BCUT2D eigenvalue weighted by atomic mass is 9.92. The van der Waals surface area contributed by atoms with Gasteiger partial charge in [-0.15, -0.1) is 4.83 Å². The van der Waals surface area contributed by atoms with Gasteiger partial charge >= 0.3 is 0 Å². The van der Waals surface area contributed by atoms with Gasteiger partial charge in [-0.05, 0) is 24.2 Å². The first kappa shape index (κ1) is 19.3. The summed E-state index contributed by atoms with van der Waals surface area (Å²) in [6.45, 7) is 6.98. The molecular weight excluding hydrogens is 308 g/mol. The van der Waals surface area contributed by atoms with E-state index in [1.807, 2.05) is 20.8 Å². The van der Waals surface area contributed by atoms with E-state index in [0.29, 0.717) is 13.2 Å². The van der Waals surface area contributed by atoms with E-state index in [-0.39, 0.29) is 29.4 Å². The first-order valence-electron chi connectivity index (χ1n) is 7.52. The molecule has 0 aromatic rings. The van der Waals surface area contributed by atoms with Crippen molar-refractivity contribution >= 4 is 15.9 Å². The van der Waals surface area contributed by atoms with Crippen molar-refractivity contribution in [3.05, 3.63) is 0 Å². The molecule has 8 heteroatoms. The molecule has 0 bridgehead atoms. The molecule has 1 rings (SSSR count). The van der Waals surface area contributed by atoms with Crippen LogP contribution in [0.25, 0.3) is 0 Å². The van der Waals surface area contributed by atoms with Crippen LogP contribution in [0.2, 0.25) is 0 Å². The second-order valence-corrected chi connectivity index (χ2v) is 8.66. The summed E-state index contributed by atoms with van der Waals surface area (Å²) < 4.78 is 34.7. The van der Waals surface area contributed by atoms with Crippen molar-refractivity contribution in [3.63, 3.8) is 0 Å². The molecule has 1 amide bonds. The molecule has 0 aromatic carbocycles. The Morgan fingerprint density at radius 1 is 1.32 bits per heavy atom. The molecule has 1 saturated heterocycles. The third-order valence-corrected chi connectivity index (χ3v) is 4.70. The van der Waals surface area contributed by atoms with Crippen molar-refractivity contribution in [2.75, 3.05) is 26.1 Å². The Kier molecular flexibility index (Phi) is 7.24. The van der Waals surface area contributed by atoms with E-state index < -0.39 is 16.1 Å². The summed E-state index contributed by atoms with van der Waals surface area (Å²) in [7, 11) is -2.13. The molecule has 0 spiro atoms. The van der Waals surface area contributed by atoms with Gasteiger partial charge in [-0.1, -0.05) is 20.8 Å². The molecule has 1 heterocycles. The molecule has 1 fully saturated rings. The molecule has 0 radical (unpaired) electrons. The quantitative estimate of drug-likeness (QED) is 0.671. The van der Waals surface area contributed by atoms with Crippen LogP contribution in [-0.4, -0.2) is 46.5 Å². The Balaban J connectivity index is 2.49. The Morgan fingerprint density at radius 2 is 1.91 bits per heavy atom. The number of carbonyl (C=O) groups excluding carboxylic acids is 1. The third kappa shape index (κ3) is 7.53. The average Bonchev–Trinajstić information content (AvgIpc) is 2.42. The molecule has 1 unspecified atom stereocenters. The van der Waals surface area contributed by atoms with Crippen LogP contribution in [0.4, 0.5) is 0 Å². The maximum Gasteiger partial charge on any atom is 0.235 e. The molecule has 22 heavy (non-hydrogen) atoms. The summed E-state index contributed by atoms with van der Waals surface area (Å²) in [4.78, 5) is 13.8. The topological polar surface area (TPSA) is 93.7 Å². The number of methoxy groups -OCH3 is 1. The lowest BCUT2D eigenvalue weighted by Gasteiger charge is -2.29. The van der Waals surface area contributed by atoms with Crippen molar-refractivity contribution in [2.45, 2.75) is 46.1 Å². The van der Waals surface area contributed by atoms with Gasteiger partial charge in [0.15, 0.2) is 0 Å². The minimum Gasteiger partial charge on any atom is -0.381 e. The van der Waals surface area contributed by atoms with Gasteiger partial charge in [0.1, 0.15) is 0 Å². The fourth-order valence-corrected chi connectivity index (χ4v) is 3.60. The van der Waals surface area contributed by atoms with E-state index in [1.54, 1.807) is 0 Å². The summed E-state index contributed by atoms with van der Waals surface area (Å²) in [6, 6.07) is 0. The van der Waals surface area contributed by atoms with Crippen molar-refractivity contribution in [2.24, 2.45) is 11.3 Å². The van der Waals surface area contributed by atoms with Crippen molar-refractivity contribution in [1.82, 2.24) is 10.3 Å². The average molecular weight is 336 g/mol. The lowest BCUT2D eigenvalue weighted by Crippen LogP contribution is -2.47. The van der Waals surface area contributed by atoms with E-state index in [1.165, 1.54) is 7.11 Å². The molecule has 0 saturated carbocycles. The number of hydrogen-bond acceptors (Lipinski definition) is 5. The van der Waals surface area contributed by atoms with Crippen LogP contribution in [0.5, 0.6) is 0 Å². The summed E-state index contributed by atoms with van der Waals surface area (Å²) >= 11 is 0. The predicted molar refractivity (Wildman–Crippen MR) is 83.5 cm³/mol. The molecular formula is C14H28N2O5S. The van der Waals surface area contributed by atoms with Crippen LogP contribution >= 0.6 is 0 Å². The zero-order valence-corrected chi connectivity index (χ0v) is 14.7. The molecule has 1 atom stereocenters. The van der Waals surface area contributed by atoms with Gasteiger partial charge in [0.2, 0.25) is 15.9 Å². The molecule has 2 N–H and O–H groups in total. The van der Waals surface area contributed by atoms with Crippen LogP contribution in [0.3, 0.4) is 0 Å². The van der Waals surface area contributed by atoms with Crippen LogP contribution in [-0.2, 0) is 24.3 Å². The molecule has 1 aliphatic rings. The smallest absolute Gasteiger partial charge is 0.235 e. The van der Waals surface area contributed by atoms with Gasteiger partial charge in [0, 0.05) is 26.7 Å². The van der Waals surface area contributed by atoms with Gasteiger partial charge in [-0.3, -0.25) is 10.2 Å². The number of amides is 1. The van der Waals surface area contributed by atoms with Crippen LogP contribution in [0, 0.1) is 11.3 Å². The number of carbonyl (C=O) groups is 1. The highest BCUT2D eigenvalue weighted by atomic mass is 32.2. The number of hydrogen-bond donors (Lipinski definition) is 2. The Labute approximate surface area is 133 Å². The highest BCUT2D eigenvalue weighted by Crippen LogP contribution is 2.22. The van der Waals surface area contributed by atoms with Gasteiger partial charge < -0.3 is 9.47 Å². The molecule has 130 valence electrons. The molecule has 1 aliphatic heterocycles. The Hall–Kier alpha value is -0.700. The van der Waals surface area contributed by atoms with E-state index in [0.717, 1.165) is 12.8 Å². The predicted octanol–water partition coefficient (Wildman–Crippen LogP) is 0.815. The van der Waals surface area contributed by atoms with Crippen LogP contribution in [0.1, 0.15) is 40.0 Å². The molecule has 0 aliphatic carbocycles. The van der Waals surface area contributed by atoms with Crippen molar-refractivity contribution in [1.29, 1.82) is 0 Å². The van der Waals surface area contributed by atoms with Gasteiger partial charge in [0.25, 0.3) is 0 Å². The largest absolute Gasteiger partial charge is 0.381 e. The zero-order chi connectivity index (χ0) is 16.8. The molecule has 0 aromatic heterocycles. The summed E-state index contributed by atoms with van der Waals surface area (Å²) in [5.41, 5.74) is 2.05. The first-order chi connectivity index (χ1) is 10.1. The minimum absolute atomic E-state index is 0.153. The second kappa shape index (κ2) is 8.24. The summed E-state index contributed by atoms with van der Waals surface area (Å²) in [5.74, 6) is -0.374. The van der Waals surface area contributed by atoms with Crippen LogP contribution < -0.4 is 10.3 Å². The SMILES string of the molecule is COC(CS(=O)(=O)NNC(=O)CC(C)(C)C)C1CCOCC1. The minimum atomic E-state index is -3.64. The van der Waals surface area contributed by atoms with Gasteiger partial charge in [-0.2, -0.15) is 0 Å². The summed E-state index contributed by atoms with van der Waals surface area (Å²) in [6.07, 6.45) is 1.40. The number of rotatable bonds is 7. The Morgan fingerprint density at radius 3 is 2.41 bits per heavy atom. The monoisotopic (exact) mass is 336 g/mol. The number of nitrogens with one attached hydrogen (secondary N) is 2. The maximum absolute atomic E-state index is 12.1. The van der Waals surface area contributed by atoms with Crippen LogP contribution in [0.15, 0.2) is 0 Å². The number of hydrazine groups is 1. The highest BCUT2D eigenvalue weighted by molar-refractivity contribution is 7.89.